The Morgan fingerprint density at radius 1 is 1.33 bits per heavy atom. The molecule has 0 bridgehead atoms. The Morgan fingerprint density at radius 2 is 1.92 bits per heavy atom. The third-order valence-electron chi connectivity index (χ3n) is 1.03. The number of carboxylic acid groups (broad SMARTS) is 1. The van der Waals surface area contributed by atoms with Crippen LogP contribution < -0.4 is 5.11 Å². The summed E-state index contributed by atoms with van der Waals surface area (Å²) < 4.78 is 4.29. The van der Waals surface area contributed by atoms with Crippen LogP contribution in [0.25, 0.3) is 0 Å². The number of methoxy groups -OCH3 is 1. The summed E-state index contributed by atoms with van der Waals surface area (Å²) in [7, 11) is 1.24. The van der Waals surface area contributed by atoms with Gasteiger partial charge in [0.25, 0.3) is 0 Å². The third kappa shape index (κ3) is 5.22. The van der Waals surface area contributed by atoms with Crippen LogP contribution in [0.2, 0.25) is 0 Å². The first-order chi connectivity index (χ1) is 5.56. The number of carbonyl (C=O) groups excluding carboxylic acids is 2. The van der Waals surface area contributed by atoms with Crippen LogP contribution in [0.5, 0.6) is 0 Å². The van der Waals surface area contributed by atoms with Crippen molar-refractivity contribution in [2.45, 2.75) is 6.92 Å². The Morgan fingerprint density at radius 3 is 2.33 bits per heavy atom. The van der Waals surface area contributed by atoms with Gasteiger partial charge in [-0.3, -0.25) is 0 Å². The Labute approximate surface area is 70.1 Å². The van der Waals surface area contributed by atoms with Gasteiger partial charge in [0, 0.05) is 6.08 Å². The largest absolute Gasteiger partial charge is 0.545 e. The molecule has 0 aliphatic carbocycles. The van der Waals surface area contributed by atoms with E-state index in [4.69, 9.17) is 0 Å². The molecule has 0 aliphatic heterocycles. The Bertz CT molecular complexity index is 237. The first-order valence-electron chi connectivity index (χ1n) is 3.21. The lowest BCUT2D eigenvalue weighted by Crippen LogP contribution is -2.19. The zero-order valence-electron chi connectivity index (χ0n) is 6.87. The third-order valence-corrected chi connectivity index (χ3v) is 1.03. The van der Waals surface area contributed by atoms with Crippen molar-refractivity contribution in [3.05, 3.63) is 23.8 Å². The summed E-state index contributed by atoms with van der Waals surface area (Å²) in [4.78, 5) is 20.5. The Kier molecular flexibility index (Phi) is 4.45. The van der Waals surface area contributed by atoms with Gasteiger partial charge >= 0.3 is 5.97 Å². The minimum atomic E-state index is -1.29. The maximum atomic E-state index is 10.5. The van der Waals surface area contributed by atoms with Crippen LogP contribution in [0.15, 0.2) is 23.8 Å². The van der Waals surface area contributed by atoms with Crippen LogP contribution in [0.1, 0.15) is 6.92 Å². The van der Waals surface area contributed by atoms with Crippen LogP contribution in [-0.4, -0.2) is 19.0 Å². The molecule has 0 atom stereocenters. The molecular formula is C8H9O4-. The second-order valence-electron chi connectivity index (χ2n) is 2.06. The summed E-state index contributed by atoms with van der Waals surface area (Å²) in [6, 6.07) is 0. The molecule has 0 aliphatic rings. The van der Waals surface area contributed by atoms with E-state index in [1.807, 2.05) is 0 Å². The number of allylic oxidation sites excluding steroid dienone is 2. The van der Waals surface area contributed by atoms with Crippen molar-refractivity contribution in [1.29, 1.82) is 0 Å². The molecule has 0 saturated heterocycles. The molecule has 0 spiro atoms. The Balaban J connectivity index is 4.17. The van der Waals surface area contributed by atoms with E-state index in [1.54, 1.807) is 0 Å². The second kappa shape index (κ2) is 5.12. The molecule has 0 fully saturated rings. The number of esters is 1. The van der Waals surface area contributed by atoms with Crippen molar-refractivity contribution >= 4 is 11.9 Å². The van der Waals surface area contributed by atoms with Crippen LogP contribution in [0.4, 0.5) is 0 Å². The topological polar surface area (TPSA) is 66.4 Å². The Hall–Kier alpha value is -1.58. The van der Waals surface area contributed by atoms with E-state index in [1.165, 1.54) is 20.1 Å². The summed E-state index contributed by atoms with van der Waals surface area (Å²) in [6.07, 6.45) is 3.36. The summed E-state index contributed by atoms with van der Waals surface area (Å²) in [5, 5.41) is 9.99. The summed E-state index contributed by atoms with van der Waals surface area (Å²) in [5.74, 6) is -1.82. The van der Waals surface area contributed by atoms with Gasteiger partial charge in [-0.25, -0.2) is 4.79 Å². The predicted octanol–water partition coefficient (Wildman–Crippen LogP) is -0.588. The fourth-order valence-electron chi connectivity index (χ4n) is 0.502. The van der Waals surface area contributed by atoms with E-state index in [0.29, 0.717) is 5.57 Å². The number of carbonyl (C=O) groups is 2. The fourth-order valence-corrected chi connectivity index (χ4v) is 0.502. The van der Waals surface area contributed by atoms with Gasteiger partial charge in [0.2, 0.25) is 0 Å². The highest BCUT2D eigenvalue weighted by molar-refractivity contribution is 5.83. The number of hydrogen-bond acceptors (Lipinski definition) is 4. The molecule has 0 aromatic rings. The quantitative estimate of drug-likeness (QED) is 0.322. The number of aliphatic carboxylic acids is 1. The molecule has 0 aromatic heterocycles. The normalized spacial score (nSPS) is 11.7. The zero-order chi connectivity index (χ0) is 9.56. The lowest BCUT2D eigenvalue weighted by molar-refractivity contribution is -0.297. The first kappa shape index (κ1) is 10.4. The van der Waals surface area contributed by atoms with E-state index < -0.39 is 11.9 Å². The van der Waals surface area contributed by atoms with E-state index >= 15 is 0 Å². The van der Waals surface area contributed by atoms with Gasteiger partial charge in [0.05, 0.1) is 13.1 Å². The molecule has 0 aromatic carbocycles. The van der Waals surface area contributed by atoms with Gasteiger partial charge in [-0.15, -0.1) is 0 Å². The van der Waals surface area contributed by atoms with Crippen LogP contribution in [0, 0.1) is 0 Å². The van der Waals surface area contributed by atoms with Gasteiger partial charge in [0.15, 0.2) is 0 Å². The number of ether oxygens (including phenoxy) is 1. The molecule has 12 heavy (non-hydrogen) atoms. The van der Waals surface area contributed by atoms with Gasteiger partial charge in [-0.2, -0.15) is 0 Å². The summed E-state index contributed by atoms with van der Waals surface area (Å²) in [5.41, 5.74) is 0.417. The zero-order valence-corrected chi connectivity index (χ0v) is 6.87. The highest BCUT2D eigenvalue weighted by atomic mass is 16.5. The van der Waals surface area contributed by atoms with Crippen molar-refractivity contribution in [2.24, 2.45) is 0 Å². The maximum Gasteiger partial charge on any atom is 0.330 e. The minimum Gasteiger partial charge on any atom is -0.545 e. The summed E-state index contributed by atoms with van der Waals surface area (Å²) in [6.45, 7) is 1.54. The highest BCUT2D eigenvalue weighted by Gasteiger charge is 1.89. The molecule has 4 nitrogen and oxygen atoms in total. The lowest BCUT2D eigenvalue weighted by Gasteiger charge is -1.94. The smallest absolute Gasteiger partial charge is 0.330 e. The molecule has 66 valence electrons. The molecule has 0 amide bonds. The van der Waals surface area contributed by atoms with Crippen molar-refractivity contribution in [2.75, 3.05) is 7.11 Å². The number of rotatable bonds is 3. The first-order valence-corrected chi connectivity index (χ1v) is 3.21. The molecule has 0 saturated carbocycles. The predicted molar refractivity (Wildman–Crippen MR) is 39.9 cm³/mol. The molecule has 0 N–H and O–H groups in total. The van der Waals surface area contributed by atoms with Gasteiger partial charge in [0.1, 0.15) is 0 Å². The van der Waals surface area contributed by atoms with Crippen molar-refractivity contribution in [3.8, 4) is 0 Å². The van der Waals surface area contributed by atoms with Crippen molar-refractivity contribution in [1.82, 2.24) is 0 Å². The fraction of sp³-hybridized carbons (Fsp3) is 0.250. The van der Waals surface area contributed by atoms with E-state index in [-0.39, 0.29) is 0 Å². The maximum absolute atomic E-state index is 10.5. The van der Waals surface area contributed by atoms with Crippen LogP contribution >= 0.6 is 0 Å². The van der Waals surface area contributed by atoms with E-state index in [9.17, 15) is 14.7 Å². The molecule has 4 heteroatoms. The van der Waals surface area contributed by atoms with Crippen LogP contribution in [0.3, 0.4) is 0 Å². The molecular weight excluding hydrogens is 160 g/mol. The van der Waals surface area contributed by atoms with E-state index in [2.05, 4.69) is 4.74 Å². The van der Waals surface area contributed by atoms with Gasteiger partial charge in [-0.05, 0) is 18.6 Å². The average molecular weight is 169 g/mol. The highest BCUT2D eigenvalue weighted by Crippen LogP contribution is 1.93. The molecule has 0 rings (SSSR count). The van der Waals surface area contributed by atoms with Gasteiger partial charge < -0.3 is 14.6 Å². The van der Waals surface area contributed by atoms with Crippen LogP contribution in [-0.2, 0) is 14.3 Å². The average Bonchev–Trinajstić information content (AvgIpc) is 1.99. The molecule has 0 heterocycles. The minimum absolute atomic E-state index is 0.417. The second-order valence-corrected chi connectivity index (χ2v) is 2.06. The monoisotopic (exact) mass is 169 g/mol. The summed E-state index contributed by atoms with van der Waals surface area (Å²) >= 11 is 0. The SMILES string of the molecule is COC(=O)C=CC(C)=CC(=O)[O-]. The number of carboxylic acids is 1. The molecule has 0 radical (unpaired) electrons. The molecule has 0 unspecified atom stereocenters. The standard InChI is InChI=1S/C8H10O4/c1-6(5-7(9)10)3-4-8(11)12-2/h3-5H,1-2H3,(H,9,10)/p-1. The lowest BCUT2D eigenvalue weighted by atomic mass is 10.2. The van der Waals surface area contributed by atoms with Crippen molar-refractivity contribution in [3.63, 3.8) is 0 Å². The number of hydrogen-bond donors (Lipinski definition) is 0. The van der Waals surface area contributed by atoms with Crippen molar-refractivity contribution < 1.29 is 19.4 Å². The van der Waals surface area contributed by atoms with Gasteiger partial charge in [-0.1, -0.05) is 6.08 Å². The van der Waals surface area contributed by atoms with E-state index in [0.717, 1.165) is 12.2 Å².